The molecule has 0 radical (unpaired) electrons. The predicted octanol–water partition coefficient (Wildman–Crippen LogP) is 1.73. The van der Waals surface area contributed by atoms with E-state index in [2.05, 4.69) is 31.1 Å². The summed E-state index contributed by atoms with van der Waals surface area (Å²) in [6, 6.07) is 1.36. The van der Waals surface area contributed by atoms with Crippen LogP contribution in [0.15, 0.2) is 0 Å². The fourth-order valence-corrected chi connectivity index (χ4v) is 2.88. The standard InChI is InChI=1S/C14H28N2O/c1-11-12(2)16(7-6-14(11)15-3)8-9-17-10-13-4-5-13/h11-15H,4-10H2,1-3H3. The first-order valence-corrected chi connectivity index (χ1v) is 7.21. The molecule has 2 aliphatic rings. The SMILES string of the molecule is CNC1CCN(CCOCC2CC2)C(C)C1C. The van der Waals surface area contributed by atoms with Crippen molar-refractivity contribution < 1.29 is 4.74 Å². The molecule has 0 aromatic rings. The number of piperidine rings is 1. The molecule has 0 aromatic carbocycles. The van der Waals surface area contributed by atoms with E-state index >= 15 is 0 Å². The van der Waals surface area contributed by atoms with Gasteiger partial charge in [0.2, 0.25) is 0 Å². The molecule has 1 N–H and O–H groups in total. The van der Waals surface area contributed by atoms with Gasteiger partial charge in [0.25, 0.3) is 0 Å². The number of hydrogen-bond donors (Lipinski definition) is 1. The van der Waals surface area contributed by atoms with Crippen LogP contribution in [0.4, 0.5) is 0 Å². The van der Waals surface area contributed by atoms with Gasteiger partial charge in [-0.15, -0.1) is 0 Å². The summed E-state index contributed by atoms with van der Waals surface area (Å²) in [6.07, 6.45) is 4.05. The Morgan fingerprint density at radius 3 is 2.65 bits per heavy atom. The molecule has 100 valence electrons. The third-order valence-electron chi connectivity index (χ3n) is 4.64. The van der Waals surface area contributed by atoms with Crippen molar-refractivity contribution in [2.24, 2.45) is 11.8 Å². The molecule has 0 bridgehead atoms. The number of likely N-dealkylation sites (tertiary alicyclic amines) is 1. The molecule has 0 aromatic heterocycles. The Morgan fingerprint density at radius 1 is 1.24 bits per heavy atom. The van der Waals surface area contributed by atoms with Gasteiger partial charge < -0.3 is 10.1 Å². The fraction of sp³-hybridized carbons (Fsp3) is 1.00. The molecule has 17 heavy (non-hydrogen) atoms. The quantitative estimate of drug-likeness (QED) is 0.716. The Hall–Kier alpha value is -0.120. The Balaban J connectivity index is 1.65. The second kappa shape index (κ2) is 6.17. The molecule has 1 aliphatic heterocycles. The van der Waals surface area contributed by atoms with Gasteiger partial charge in [0, 0.05) is 31.8 Å². The van der Waals surface area contributed by atoms with Crippen molar-refractivity contribution in [3.8, 4) is 0 Å². The maximum absolute atomic E-state index is 5.74. The van der Waals surface area contributed by atoms with Gasteiger partial charge in [0.15, 0.2) is 0 Å². The number of hydrogen-bond acceptors (Lipinski definition) is 3. The summed E-state index contributed by atoms with van der Waals surface area (Å²) >= 11 is 0. The lowest BCUT2D eigenvalue weighted by molar-refractivity contribution is 0.0431. The molecule has 1 saturated heterocycles. The van der Waals surface area contributed by atoms with E-state index < -0.39 is 0 Å². The van der Waals surface area contributed by atoms with Gasteiger partial charge in [-0.25, -0.2) is 0 Å². The highest BCUT2D eigenvalue weighted by Crippen LogP contribution is 2.28. The first-order valence-electron chi connectivity index (χ1n) is 7.21. The molecule has 2 fully saturated rings. The zero-order valence-corrected chi connectivity index (χ0v) is 11.6. The maximum Gasteiger partial charge on any atom is 0.0593 e. The highest BCUT2D eigenvalue weighted by Gasteiger charge is 2.31. The van der Waals surface area contributed by atoms with E-state index in [4.69, 9.17) is 4.74 Å². The van der Waals surface area contributed by atoms with Crippen LogP contribution in [0.25, 0.3) is 0 Å². The van der Waals surface area contributed by atoms with Crippen LogP contribution in [0, 0.1) is 11.8 Å². The minimum atomic E-state index is 0.672. The molecule has 1 aliphatic carbocycles. The van der Waals surface area contributed by atoms with Gasteiger partial charge in [-0.1, -0.05) is 6.92 Å². The number of nitrogens with one attached hydrogen (secondary N) is 1. The fourth-order valence-electron chi connectivity index (χ4n) is 2.88. The van der Waals surface area contributed by atoms with Crippen LogP contribution < -0.4 is 5.32 Å². The minimum Gasteiger partial charge on any atom is -0.380 e. The van der Waals surface area contributed by atoms with Crippen LogP contribution in [-0.2, 0) is 4.74 Å². The van der Waals surface area contributed by atoms with Crippen LogP contribution >= 0.6 is 0 Å². The third-order valence-corrected chi connectivity index (χ3v) is 4.64. The number of rotatable bonds is 6. The van der Waals surface area contributed by atoms with Crippen LogP contribution in [0.2, 0.25) is 0 Å². The lowest BCUT2D eigenvalue weighted by atomic mass is 9.87. The third kappa shape index (κ3) is 3.67. The molecule has 0 amide bonds. The van der Waals surface area contributed by atoms with Crippen molar-refractivity contribution in [3.63, 3.8) is 0 Å². The molecular weight excluding hydrogens is 212 g/mol. The van der Waals surface area contributed by atoms with Crippen molar-refractivity contribution >= 4 is 0 Å². The topological polar surface area (TPSA) is 24.5 Å². The Bertz CT molecular complexity index is 230. The molecule has 3 unspecified atom stereocenters. The molecule has 1 saturated carbocycles. The van der Waals surface area contributed by atoms with Gasteiger partial charge >= 0.3 is 0 Å². The summed E-state index contributed by atoms with van der Waals surface area (Å²) in [5.41, 5.74) is 0. The summed E-state index contributed by atoms with van der Waals surface area (Å²) in [6.45, 7) is 8.95. The molecule has 1 heterocycles. The first kappa shape index (κ1) is 13.3. The largest absolute Gasteiger partial charge is 0.380 e. The predicted molar refractivity (Wildman–Crippen MR) is 71.2 cm³/mol. The smallest absolute Gasteiger partial charge is 0.0593 e. The van der Waals surface area contributed by atoms with E-state index in [9.17, 15) is 0 Å². The summed E-state index contributed by atoms with van der Waals surface area (Å²) in [4.78, 5) is 2.59. The van der Waals surface area contributed by atoms with E-state index in [1.165, 1.54) is 25.8 Å². The Kier molecular flexibility index (Phi) is 4.83. The average molecular weight is 240 g/mol. The van der Waals surface area contributed by atoms with E-state index in [-0.39, 0.29) is 0 Å². The average Bonchev–Trinajstić information content (AvgIpc) is 3.14. The molecule has 0 spiro atoms. The summed E-state index contributed by atoms with van der Waals surface area (Å²) in [7, 11) is 2.09. The Morgan fingerprint density at radius 2 is 2.00 bits per heavy atom. The molecular formula is C14H28N2O. The van der Waals surface area contributed by atoms with Crippen LogP contribution in [0.1, 0.15) is 33.1 Å². The van der Waals surface area contributed by atoms with Crippen LogP contribution in [0.5, 0.6) is 0 Å². The Labute approximate surface area is 106 Å². The van der Waals surface area contributed by atoms with Gasteiger partial charge in [0.05, 0.1) is 6.61 Å². The molecule has 3 nitrogen and oxygen atoms in total. The van der Waals surface area contributed by atoms with E-state index in [1.807, 2.05) is 0 Å². The lowest BCUT2D eigenvalue weighted by Crippen LogP contribution is -2.53. The van der Waals surface area contributed by atoms with Gasteiger partial charge in [-0.05, 0) is 45.1 Å². The zero-order valence-electron chi connectivity index (χ0n) is 11.6. The lowest BCUT2D eigenvalue weighted by Gasteiger charge is -2.42. The van der Waals surface area contributed by atoms with Crippen molar-refractivity contribution in [1.82, 2.24) is 10.2 Å². The molecule has 3 heteroatoms. The van der Waals surface area contributed by atoms with E-state index in [0.29, 0.717) is 12.1 Å². The van der Waals surface area contributed by atoms with Gasteiger partial charge in [-0.3, -0.25) is 4.90 Å². The van der Waals surface area contributed by atoms with Crippen LogP contribution in [0.3, 0.4) is 0 Å². The summed E-state index contributed by atoms with van der Waals surface area (Å²) in [5, 5.41) is 3.44. The minimum absolute atomic E-state index is 0.672. The first-order chi connectivity index (χ1) is 8.22. The van der Waals surface area contributed by atoms with Crippen molar-refractivity contribution in [1.29, 1.82) is 0 Å². The highest BCUT2D eigenvalue weighted by molar-refractivity contribution is 4.87. The van der Waals surface area contributed by atoms with Crippen LogP contribution in [-0.4, -0.2) is 50.3 Å². The summed E-state index contributed by atoms with van der Waals surface area (Å²) < 4.78 is 5.74. The maximum atomic E-state index is 5.74. The zero-order chi connectivity index (χ0) is 12.3. The van der Waals surface area contributed by atoms with E-state index in [1.54, 1.807) is 0 Å². The van der Waals surface area contributed by atoms with Gasteiger partial charge in [-0.2, -0.15) is 0 Å². The second-order valence-corrected chi connectivity index (χ2v) is 5.84. The normalized spacial score (nSPS) is 35.1. The van der Waals surface area contributed by atoms with Crippen molar-refractivity contribution in [3.05, 3.63) is 0 Å². The monoisotopic (exact) mass is 240 g/mol. The molecule has 2 rings (SSSR count). The highest BCUT2D eigenvalue weighted by atomic mass is 16.5. The number of nitrogens with zero attached hydrogens (tertiary/aromatic N) is 1. The van der Waals surface area contributed by atoms with Gasteiger partial charge in [0.1, 0.15) is 0 Å². The number of ether oxygens (including phenoxy) is 1. The van der Waals surface area contributed by atoms with Crippen molar-refractivity contribution in [2.45, 2.75) is 45.2 Å². The second-order valence-electron chi connectivity index (χ2n) is 5.84. The summed E-state index contributed by atoms with van der Waals surface area (Å²) in [5.74, 6) is 1.62. The van der Waals surface area contributed by atoms with Crippen molar-refractivity contribution in [2.75, 3.05) is 33.4 Å². The molecule has 3 atom stereocenters. The van der Waals surface area contributed by atoms with E-state index in [0.717, 1.165) is 31.6 Å².